The van der Waals surface area contributed by atoms with Gasteiger partial charge in [0.2, 0.25) is 0 Å². The number of aliphatic carboxylic acids is 1. The highest BCUT2D eigenvalue weighted by Crippen LogP contribution is 2.19. The molecule has 0 heterocycles. The maximum Gasteiger partial charge on any atom is 0.347 e. The van der Waals surface area contributed by atoms with Crippen molar-refractivity contribution in [2.75, 3.05) is 12.9 Å². The van der Waals surface area contributed by atoms with Gasteiger partial charge in [0.25, 0.3) is 0 Å². The molecule has 2 N–H and O–H groups in total. The topological polar surface area (TPSA) is 83.8 Å². The number of rotatable bonds is 4. The molecule has 0 rings (SSSR count). The largest absolute Gasteiger partial charge is 0.511 e. The predicted octanol–water partition coefficient (Wildman–Crippen LogP) is 0.767. The van der Waals surface area contributed by atoms with Gasteiger partial charge in [0.1, 0.15) is 10.7 Å². The van der Waals surface area contributed by atoms with Crippen LogP contribution in [0.1, 0.15) is 6.92 Å². The van der Waals surface area contributed by atoms with Gasteiger partial charge in [-0.25, -0.2) is 4.79 Å². The van der Waals surface area contributed by atoms with Crippen LogP contribution in [0.2, 0.25) is 0 Å². The van der Waals surface area contributed by atoms with Crippen molar-refractivity contribution < 1.29 is 24.5 Å². The fraction of sp³-hybridized carbons (Fsp3) is 0.429. The summed E-state index contributed by atoms with van der Waals surface area (Å²) in [7, 11) is 1.16. The van der Waals surface area contributed by atoms with E-state index in [1.165, 1.54) is 6.92 Å². The van der Waals surface area contributed by atoms with Gasteiger partial charge in [0.05, 0.1) is 12.9 Å². The molecule has 5 nitrogen and oxygen atoms in total. The Hall–Kier alpha value is -1.17. The first-order valence-electron chi connectivity index (χ1n) is 3.31. The van der Waals surface area contributed by atoms with Gasteiger partial charge in [-0.3, -0.25) is 4.79 Å². The Balaban J connectivity index is 4.39. The van der Waals surface area contributed by atoms with Crippen molar-refractivity contribution in [2.24, 2.45) is 0 Å². The molecule has 0 fully saturated rings. The Morgan fingerprint density at radius 3 is 2.23 bits per heavy atom. The first-order chi connectivity index (χ1) is 5.99. The summed E-state index contributed by atoms with van der Waals surface area (Å²) in [4.78, 5) is 21.0. The van der Waals surface area contributed by atoms with Crippen molar-refractivity contribution >= 4 is 23.7 Å². The average molecular weight is 206 g/mol. The van der Waals surface area contributed by atoms with E-state index in [4.69, 9.17) is 10.2 Å². The number of thioether (sulfide) groups is 1. The van der Waals surface area contributed by atoms with Gasteiger partial charge in [-0.05, 0) is 6.92 Å². The number of carbonyl (C=O) groups excluding carboxylic acids is 1. The summed E-state index contributed by atoms with van der Waals surface area (Å²) in [6.07, 6.45) is 0. The fourth-order valence-electron chi connectivity index (χ4n) is 0.538. The van der Waals surface area contributed by atoms with Gasteiger partial charge < -0.3 is 14.9 Å². The van der Waals surface area contributed by atoms with Crippen molar-refractivity contribution in [3.8, 4) is 0 Å². The molecule has 0 aliphatic heterocycles. The van der Waals surface area contributed by atoms with Crippen molar-refractivity contribution in [3.05, 3.63) is 10.7 Å². The highest BCUT2D eigenvalue weighted by molar-refractivity contribution is 8.04. The van der Waals surface area contributed by atoms with Crippen LogP contribution in [0.15, 0.2) is 10.7 Å². The number of esters is 1. The van der Waals surface area contributed by atoms with Gasteiger partial charge >= 0.3 is 11.9 Å². The van der Waals surface area contributed by atoms with E-state index in [1.807, 2.05) is 0 Å². The van der Waals surface area contributed by atoms with Gasteiger partial charge in [-0.1, -0.05) is 0 Å². The number of hydrogen-bond donors (Lipinski definition) is 2. The molecule has 0 unspecified atom stereocenters. The molecule has 0 saturated carbocycles. The molecule has 0 aromatic carbocycles. The minimum atomic E-state index is -1.06. The summed E-state index contributed by atoms with van der Waals surface area (Å²) >= 11 is 0.726. The number of allylic oxidation sites excluding steroid dienone is 1. The lowest BCUT2D eigenvalue weighted by atomic mass is 10.5. The third kappa shape index (κ3) is 4.41. The molecule has 0 aliphatic rings. The highest BCUT2D eigenvalue weighted by Gasteiger charge is 2.15. The normalized spacial score (nSPS) is 11.8. The van der Waals surface area contributed by atoms with Crippen molar-refractivity contribution in [2.45, 2.75) is 6.92 Å². The van der Waals surface area contributed by atoms with Gasteiger partial charge in [-0.2, -0.15) is 0 Å². The molecule has 74 valence electrons. The number of methoxy groups -OCH3 is 1. The zero-order chi connectivity index (χ0) is 10.4. The van der Waals surface area contributed by atoms with Crippen LogP contribution in [-0.4, -0.2) is 35.0 Å². The number of carbonyl (C=O) groups is 2. The van der Waals surface area contributed by atoms with Crippen LogP contribution in [0.4, 0.5) is 0 Å². The van der Waals surface area contributed by atoms with Crippen molar-refractivity contribution in [1.82, 2.24) is 0 Å². The van der Waals surface area contributed by atoms with E-state index >= 15 is 0 Å². The van der Waals surface area contributed by atoms with E-state index in [-0.39, 0.29) is 16.4 Å². The molecule has 13 heavy (non-hydrogen) atoms. The summed E-state index contributed by atoms with van der Waals surface area (Å²) in [5.74, 6) is -2.32. The Morgan fingerprint density at radius 2 is 1.92 bits per heavy atom. The zero-order valence-corrected chi connectivity index (χ0v) is 8.05. The number of carboxylic acid groups (broad SMARTS) is 1. The van der Waals surface area contributed by atoms with Gasteiger partial charge in [0.15, 0.2) is 0 Å². The van der Waals surface area contributed by atoms with Crippen molar-refractivity contribution in [1.29, 1.82) is 0 Å². The number of ether oxygens (including phenoxy) is 1. The summed E-state index contributed by atoms with van der Waals surface area (Å²) in [6, 6.07) is 0. The monoisotopic (exact) mass is 206 g/mol. The first-order valence-corrected chi connectivity index (χ1v) is 4.30. The molecule has 0 bridgehead atoms. The third-order valence-corrected chi connectivity index (χ3v) is 2.18. The Kier molecular flexibility index (Phi) is 4.98. The molecule has 6 heteroatoms. The zero-order valence-electron chi connectivity index (χ0n) is 7.23. The van der Waals surface area contributed by atoms with Crippen LogP contribution in [-0.2, 0) is 14.3 Å². The molecule has 0 aromatic heterocycles. The van der Waals surface area contributed by atoms with Gasteiger partial charge in [0, 0.05) is 0 Å². The minimum absolute atomic E-state index is 0.0788. The summed E-state index contributed by atoms with van der Waals surface area (Å²) in [5, 5.41) is 17.3. The molecule has 0 radical (unpaired) electrons. The second kappa shape index (κ2) is 5.47. The molecular weight excluding hydrogens is 196 g/mol. The predicted molar refractivity (Wildman–Crippen MR) is 47.4 cm³/mol. The molecule has 0 amide bonds. The third-order valence-electron chi connectivity index (χ3n) is 1.04. The maximum atomic E-state index is 10.9. The van der Waals surface area contributed by atoms with E-state index in [1.54, 1.807) is 0 Å². The SMILES string of the molecule is COC(=O)C(SCC(=O)O)=C(C)O. The Morgan fingerprint density at radius 1 is 1.38 bits per heavy atom. The molecule has 0 spiro atoms. The van der Waals surface area contributed by atoms with E-state index in [0.29, 0.717) is 0 Å². The van der Waals surface area contributed by atoms with E-state index in [9.17, 15) is 9.59 Å². The number of hydrogen-bond acceptors (Lipinski definition) is 5. The number of carboxylic acids is 1. The minimum Gasteiger partial charge on any atom is -0.511 e. The quantitative estimate of drug-likeness (QED) is 0.401. The van der Waals surface area contributed by atoms with E-state index < -0.39 is 11.9 Å². The lowest BCUT2D eigenvalue weighted by Gasteiger charge is -2.03. The fourth-order valence-corrected chi connectivity index (χ4v) is 1.22. The smallest absolute Gasteiger partial charge is 0.347 e. The van der Waals surface area contributed by atoms with Crippen LogP contribution in [0.3, 0.4) is 0 Å². The Bertz CT molecular complexity index is 241. The molecule has 0 saturated heterocycles. The molecule has 0 aromatic rings. The second-order valence-electron chi connectivity index (χ2n) is 2.09. The van der Waals surface area contributed by atoms with Crippen LogP contribution >= 0.6 is 11.8 Å². The average Bonchev–Trinajstić information content (AvgIpc) is 2.03. The van der Waals surface area contributed by atoms with Crippen molar-refractivity contribution in [3.63, 3.8) is 0 Å². The summed E-state index contributed by atoms with van der Waals surface area (Å²) in [6.45, 7) is 1.29. The molecule has 0 aliphatic carbocycles. The number of aliphatic hydroxyl groups excluding tert-OH is 1. The van der Waals surface area contributed by atoms with E-state index in [2.05, 4.69) is 4.74 Å². The second-order valence-corrected chi connectivity index (χ2v) is 3.07. The standard InChI is InChI=1S/C7H10O5S/c1-4(8)6(7(11)12-2)13-3-5(9)10/h8H,3H2,1-2H3,(H,9,10). The number of aliphatic hydroxyl groups is 1. The summed E-state index contributed by atoms with van der Waals surface area (Å²) < 4.78 is 4.34. The van der Waals surface area contributed by atoms with Crippen LogP contribution in [0.5, 0.6) is 0 Å². The van der Waals surface area contributed by atoms with Crippen LogP contribution in [0, 0.1) is 0 Å². The first kappa shape index (κ1) is 11.8. The highest BCUT2D eigenvalue weighted by atomic mass is 32.2. The molecular formula is C7H10O5S. The van der Waals surface area contributed by atoms with Gasteiger partial charge in [-0.15, -0.1) is 11.8 Å². The Labute approximate surface area is 79.4 Å². The van der Waals surface area contributed by atoms with Crippen LogP contribution in [0.25, 0.3) is 0 Å². The van der Waals surface area contributed by atoms with Crippen LogP contribution < -0.4 is 0 Å². The lowest BCUT2D eigenvalue weighted by Crippen LogP contribution is -2.07. The van der Waals surface area contributed by atoms with E-state index in [0.717, 1.165) is 18.9 Å². The summed E-state index contributed by atoms with van der Waals surface area (Å²) in [5.41, 5.74) is 0. The maximum absolute atomic E-state index is 10.9. The molecule has 0 atom stereocenters. The lowest BCUT2D eigenvalue weighted by molar-refractivity contribution is -0.135.